The molecule has 0 spiro atoms. The van der Waals surface area contributed by atoms with Crippen molar-refractivity contribution in [3.8, 4) is 17.1 Å². The van der Waals surface area contributed by atoms with Crippen LogP contribution < -0.4 is 10.1 Å². The van der Waals surface area contributed by atoms with Crippen LogP contribution in [0, 0.1) is 11.6 Å². The summed E-state index contributed by atoms with van der Waals surface area (Å²) in [7, 11) is 2.99. The predicted molar refractivity (Wildman–Crippen MR) is 99.3 cm³/mol. The van der Waals surface area contributed by atoms with E-state index in [0.29, 0.717) is 25.8 Å². The van der Waals surface area contributed by atoms with Crippen molar-refractivity contribution >= 4 is 5.91 Å². The first-order valence-corrected chi connectivity index (χ1v) is 9.22. The Hall–Kier alpha value is -3.30. The first kappa shape index (κ1) is 19.0. The number of halogens is 2. The van der Waals surface area contributed by atoms with Gasteiger partial charge in [0.15, 0.2) is 23.2 Å². The van der Waals surface area contributed by atoms with Crippen LogP contribution >= 0.6 is 0 Å². The second-order valence-electron chi connectivity index (χ2n) is 6.93. The summed E-state index contributed by atoms with van der Waals surface area (Å²) in [6.45, 7) is 0.604. The molecule has 3 aromatic rings. The lowest BCUT2D eigenvalue weighted by molar-refractivity contribution is 0.0928. The van der Waals surface area contributed by atoms with Crippen molar-refractivity contribution in [1.82, 2.24) is 29.9 Å². The minimum absolute atomic E-state index is 0.179. The highest BCUT2D eigenvalue weighted by Crippen LogP contribution is 2.25. The summed E-state index contributed by atoms with van der Waals surface area (Å²) < 4.78 is 36.4. The molecule has 1 aliphatic rings. The van der Waals surface area contributed by atoms with Crippen LogP contribution in [0.15, 0.2) is 24.5 Å². The second-order valence-corrected chi connectivity index (χ2v) is 6.93. The molecule has 10 heteroatoms. The highest BCUT2D eigenvalue weighted by atomic mass is 19.1. The van der Waals surface area contributed by atoms with E-state index in [1.807, 2.05) is 17.8 Å². The number of nitrogens with one attached hydrogen (secondary N) is 1. The third-order valence-corrected chi connectivity index (χ3v) is 5.04. The molecule has 1 aliphatic heterocycles. The summed E-state index contributed by atoms with van der Waals surface area (Å²) in [5.74, 6) is -1.46. The molecular formula is C19H20F2N6O2. The molecule has 1 N–H and O–H groups in total. The number of amides is 1. The minimum Gasteiger partial charge on any atom is -0.491 e. The molecular weight excluding hydrogens is 382 g/mol. The molecule has 1 amide bonds. The Labute approximate surface area is 165 Å². The normalized spacial score (nSPS) is 16.2. The molecule has 152 valence electrons. The molecule has 1 unspecified atom stereocenters. The van der Waals surface area contributed by atoms with Gasteiger partial charge in [-0.05, 0) is 25.0 Å². The number of fused-ring (bicyclic) bond motifs is 1. The van der Waals surface area contributed by atoms with E-state index in [9.17, 15) is 13.6 Å². The van der Waals surface area contributed by atoms with E-state index >= 15 is 0 Å². The zero-order valence-electron chi connectivity index (χ0n) is 16.0. The summed E-state index contributed by atoms with van der Waals surface area (Å²) in [6, 6.07) is 1.96. The van der Waals surface area contributed by atoms with Crippen molar-refractivity contribution in [2.75, 3.05) is 7.11 Å². The highest BCUT2D eigenvalue weighted by Gasteiger charge is 2.25. The maximum Gasteiger partial charge on any atom is 0.254 e. The molecule has 0 aliphatic carbocycles. The van der Waals surface area contributed by atoms with Crippen LogP contribution in [0.4, 0.5) is 8.78 Å². The van der Waals surface area contributed by atoms with Gasteiger partial charge < -0.3 is 14.6 Å². The van der Waals surface area contributed by atoms with E-state index in [1.165, 1.54) is 0 Å². The van der Waals surface area contributed by atoms with Crippen LogP contribution in [0.3, 0.4) is 0 Å². The zero-order chi connectivity index (χ0) is 20.5. The van der Waals surface area contributed by atoms with Gasteiger partial charge in [0.05, 0.1) is 24.4 Å². The van der Waals surface area contributed by atoms with E-state index in [4.69, 9.17) is 4.74 Å². The first-order chi connectivity index (χ1) is 14.0. The van der Waals surface area contributed by atoms with Gasteiger partial charge in [-0.3, -0.25) is 9.48 Å². The number of benzene rings is 1. The van der Waals surface area contributed by atoms with Crippen molar-refractivity contribution in [2.24, 2.45) is 7.05 Å². The van der Waals surface area contributed by atoms with Crippen LogP contribution in [-0.2, 0) is 20.0 Å². The van der Waals surface area contributed by atoms with Gasteiger partial charge in [0, 0.05) is 32.3 Å². The van der Waals surface area contributed by atoms with Crippen LogP contribution in [0.25, 0.3) is 11.4 Å². The average Bonchev–Trinajstić information content (AvgIpc) is 3.24. The van der Waals surface area contributed by atoms with Crippen LogP contribution in [0.5, 0.6) is 5.75 Å². The van der Waals surface area contributed by atoms with Crippen LogP contribution in [-0.4, -0.2) is 43.6 Å². The lowest BCUT2D eigenvalue weighted by Crippen LogP contribution is -2.35. The number of rotatable bonds is 4. The molecule has 0 saturated carbocycles. The van der Waals surface area contributed by atoms with Gasteiger partial charge in [-0.2, -0.15) is 5.10 Å². The largest absolute Gasteiger partial charge is 0.491 e. The number of hydrogen-bond donors (Lipinski definition) is 1. The number of carbonyl (C=O) groups is 1. The van der Waals surface area contributed by atoms with E-state index in [1.54, 1.807) is 10.9 Å². The Kier molecular flexibility index (Phi) is 4.99. The van der Waals surface area contributed by atoms with Gasteiger partial charge in [-0.1, -0.05) is 0 Å². The number of hydrogen-bond acceptors (Lipinski definition) is 5. The summed E-state index contributed by atoms with van der Waals surface area (Å²) >= 11 is 0. The van der Waals surface area contributed by atoms with Crippen molar-refractivity contribution in [1.29, 1.82) is 0 Å². The fourth-order valence-electron chi connectivity index (χ4n) is 3.54. The minimum atomic E-state index is -1.00. The number of nitrogens with zero attached hydrogens (tertiary/aromatic N) is 5. The topological polar surface area (TPSA) is 86.9 Å². The summed E-state index contributed by atoms with van der Waals surface area (Å²) in [5.41, 5.74) is 0.622. The summed E-state index contributed by atoms with van der Waals surface area (Å²) in [4.78, 5) is 12.6. The number of aryl methyl sites for hydroxylation is 2. The van der Waals surface area contributed by atoms with E-state index < -0.39 is 23.3 Å². The molecule has 1 aromatic carbocycles. The molecule has 8 nitrogen and oxygen atoms in total. The zero-order valence-corrected chi connectivity index (χ0v) is 16.0. The summed E-state index contributed by atoms with van der Waals surface area (Å²) in [5, 5.41) is 15.5. The van der Waals surface area contributed by atoms with Gasteiger partial charge in [-0.25, -0.2) is 8.78 Å². The average molecular weight is 402 g/mol. The fraction of sp³-hybridized carbons (Fsp3) is 0.368. The van der Waals surface area contributed by atoms with Crippen molar-refractivity contribution in [2.45, 2.75) is 31.8 Å². The van der Waals surface area contributed by atoms with E-state index in [-0.39, 0.29) is 11.6 Å². The standard InChI is InChI=1S/C19H20F2N6O2/c1-26-10-11(9-22-26)18-25-24-15-6-3-12(7-8-27(15)18)23-19(28)13-4-5-14(20)17(29-2)16(13)21/h4-5,9-10,12H,3,6-8H2,1-2H3,(H,23,28). The molecule has 3 heterocycles. The smallest absolute Gasteiger partial charge is 0.254 e. The van der Waals surface area contributed by atoms with Crippen molar-refractivity contribution in [3.63, 3.8) is 0 Å². The first-order valence-electron chi connectivity index (χ1n) is 9.22. The Morgan fingerprint density at radius 1 is 1.28 bits per heavy atom. The maximum atomic E-state index is 14.4. The molecule has 2 aromatic heterocycles. The number of aromatic nitrogens is 5. The SMILES string of the molecule is COc1c(F)ccc(C(=O)NC2CCc3nnc(-c4cnn(C)c4)n3CC2)c1F. The number of carbonyl (C=O) groups excluding carboxylic acids is 1. The van der Waals surface area contributed by atoms with Crippen LogP contribution in [0.2, 0.25) is 0 Å². The quantitative estimate of drug-likeness (QED) is 0.722. The molecule has 0 fully saturated rings. The lowest BCUT2D eigenvalue weighted by atomic mass is 10.1. The van der Waals surface area contributed by atoms with Crippen molar-refractivity contribution in [3.05, 3.63) is 47.5 Å². The number of ether oxygens (including phenoxy) is 1. The van der Waals surface area contributed by atoms with Gasteiger partial charge in [0.25, 0.3) is 5.91 Å². The maximum absolute atomic E-state index is 14.4. The Morgan fingerprint density at radius 3 is 2.83 bits per heavy atom. The molecule has 0 radical (unpaired) electrons. The van der Waals surface area contributed by atoms with E-state index in [2.05, 4.69) is 20.6 Å². The Morgan fingerprint density at radius 2 is 2.10 bits per heavy atom. The molecule has 0 bridgehead atoms. The lowest BCUT2D eigenvalue weighted by Gasteiger charge is -2.17. The third-order valence-electron chi connectivity index (χ3n) is 5.04. The van der Waals surface area contributed by atoms with Gasteiger partial charge in [0.1, 0.15) is 5.82 Å². The molecule has 4 rings (SSSR count). The van der Waals surface area contributed by atoms with Crippen molar-refractivity contribution < 1.29 is 18.3 Å². The summed E-state index contributed by atoms with van der Waals surface area (Å²) in [6.07, 6.45) is 5.48. The predicted octanol–water partition coefficient (Wildman–Crippen LogP) is 2.10. The fourth-order valence-corrected chi connectivity index (χ4v) is 3.54. The number of methoxy groups -OCH3 is 1. The van der Waals surface area contributed by atoms with Gasteiger partial charge >= 0.3 is 0 Å². The van der Waals surface area contributed by atoms with Gasteiger partial charge in [0.2, 0.25) is 0 Å². The monoisotopic (exact) mass is 402 g/mol. The highest BCUT2D eigenvalue weighted by molar-refractivity contribution is 5.95. The Balaban J connectivity index is 1.48. The van der Waals surface area contributed by atoms with Gasteiger partial charge in [-0.15, -0.1) is 10.2 Å². The van der Waals surface area contributed by atoms with Crippen LogP contribution in [0.1, 0.15) is 29.0 Å². The second kappa shape index (κ2) is 7.61. The van der Waals surface area contributed by atoms with E-state index in [0.717, 1.165) is 36.5 Å². The Bertz CT molecular complexity index is 1060. The molecule has 0 saturated heterocycles. The molecule has 29 heavy (non-hydrogen) atoms. The third kappa shape index (κ3) is 3.57. The molecule has 1 atom stereocenters.